The highest BCUT2D eigenvalue weighted by atomic mass is 35.5. The van der Waals surface area contributed by atoms with Crippen LogP contribution in [0.4, 0.5) is 0 Å². The van der Waals surface area contributed by atoms with Crippen molar-refractivity contribution in [1.29, 1.82) is 0 Å². The standard InChI is InChI=1S/C9H10Cl2N2O2/c1-5(4-14)12-9(15)6-2-7(10)13-8(11)3-6/h2-3,5,14H,4H2,1H3,(H,12,15)/t5-/m0/s1. The van der Waals surface area contributed by atoms with Gasteiger partial charge in [0.15, 0.2) is 0 Å². The van der Waals surface area contributed by atoms with Gasteiger partial charge in [-0.1, -0.05) is 23.2 Å². The number of aliphatic hydroxyl groups is 1. The summed E-state index contributed by atoms with van der Waals surface area (Å²) in [5.41, 5.74) is 0.320. The second-order valence-corrected chi connectivity index (χ2v) is 3.83. The Morgan fingerprint density at radius 3 is 2.53 bits per heavy atom. The number of carbonyl (C=O) groups excluding carboxylic acids is 1. The third-order valence-electron chi connectivity index (χ3n) is 1.68. The van der Waals surface area contributed by atoms with Crippen molar-refractivity contribution in [3.8, 4) is 0 Å². The molecule has 4 nitrogen and oxygen atoms in total. The number of rotatable bonds is 3. The molecule has 15 heavy (non-hydrogen) atoms. The molecule has 2 N–H and O–H groups in total. The van der Waals surface area contributed by atoms with E-state index in [1.54, 1.807) is 6.92 Å². The van der Waals surface area contributed by atoms with Crippen molar-refractivity contribution in [2.45, 2.75) is 13.0 Å². The molecule has 0 saturated carbocycles. The fourth-order valence-electron chi connectivity index (χ4n) is 0.949. The molecule has 1 aromatic heterocycles. The van der Waals surface area contributed by atoms with E-state index in [4.69, 9.17) is 28.3 Å². The van der Waals surface area contributed by atoms with Crippen molar-refractivity contribution >= 4 is 29.1 Å². The molecular formula is C9H10Cl2N2O2. The predicted molar refractivity (Wildman–Crippen MR) is 58.3 cm³/mol. The van der Waals surface area contributed by atoms with Crippen molar-refractivity contribution in [3.05, 3.63) is 28.0 Å². The second-order valence-electron chi connectivity index (χ2n) is 3.06. The first-order valence-corrected chi connectivity index (χ1v) is 5.03. The average Bonchev–Trinajstić information content (AvgIpc) is 2.16. The monoisotopic (exact) mass is 248 g/mol. The number of hydrogen-bond acceptors (Lipinski definition) is 3. The van der Waals surface area contributed by atoms with E-state index in [-0.39, 0.29) is 28.9 Å². The van der Waals surface area contributed by atoms with Crippen molar-refractivity contribution in [2.75, 3.05) is 6.61 Å². The molecule has 1 atom stereocenters. The zero-order valence-electron chi connectivity index (χ0n) is 8.00. The molecule has 82 valence electrons. The van der Waals surface area contributed by atoms with Gasteiger partial charge >= 0.3 is 0 Å². The fourth-order valence-corrected chi connectivity index (χ4v) is 1.41. The van der Waals surface area contributed by atoms with Crippen LogP contribution in [-0.4, -0.2) is 28.6 Å². The molecule has 6 heteroatoms. The number of nitrogens with zero attached hydrogens (tertiary/aromatic N) is 1. The number of aliphatic hydroxyl groups excluding tert-OH is 1. The van der Waals surface area contributed by atoms with Crippen molar-refractivity contribution < 1.29 is 9.90 Å². The van der Waals surface area contributed by atoms with Crippen LogP contribution in [0.1, 0.15) is 17.3 Å². The predicted octanol–water partition coefficient (Wildman–Crippen LogP) is 1.50. The first-order valence-electron chi connectivity index (χ1n) is 4.27. The molecule has 0 fully saturated rings. The number of hydrogen-bond donors (Lipinski definition) is 2. The van der Waals surface area contributed by atoms with Crippen LogP contribution in [0.5, 0.6) is 0 Å². The number of amides is 1. The summed E-state index contributed by atoms with van der Waals surface area (Å²) in [6.45, 7) is 1.56. The lowest BCUT2D eigenvalue weighted by atomic mass is 10.2. The highest BCUT2D eigenvalue weighted by Crippen LogP contribution is 2.14. The van der Waals surface area contributed by atoms with Crippen molar-refractivity contribution in [3.63, 3.8) is 0 Å². The molecule has 0 radical (unpaired) electrons. The zero-order chi connectivity index (χ0) is 11.4. The largest absolute Gasteiger partial charge is 0.394 e. The highest BCUT2D eigenvalue weighted by molar-refractivity contribution is 6.33. The third-order valence-corrected chi connectivity index (χ3v) is 2.06. The van der Waals surface area contributed by atoms with Gasteiger partial charge in [-0.05, 0) is 19.1 Å². The van der Waals surface area contributed by atoms with Gasteiger partial charge in [0.2, 0.25) is 0 Å². The first kappa shape index (κ1) is 12.2. The SMILES string of the molecule is C[C@@H](CO)NC(=O)c1cc(Cl)nc(Cl)c1. The summed E-state index contributed by atoms with van der Waals surface area (Å²) in [6, 6.07) is 2.50. The Labute approximate surface area is 97.2 Å². The molecule has 0 aliphatic heterocycles. The zero-order valence-corrected chi connectivity index (χ0v) is 9.51. The maximum Gasteiger partial charge on any atom is 0.251 e. The minimum atomic E-state index is -0.345. The molecule has 0 unspecified atom stereocenters. The number of carbonyl (C=O) groups is 1. The van der Waals surface area contributed by atoms with Crippen molar-refractivity contribution in [1.82, 2.24) is 10.3 Å². The normalized spacial score (nSPS) is 12.3. The van der Waals surface area contributed by atoms with Crippen LogP contribution >= 0.6 is 23.2 Å². The van der Waals surface area contributed by atoms with Crippen LogP contribution in [-0.2, 0) is 0 Å². The Balaban J connectivity index is 2.82. The van der Waals surface area contributed by atoms with Gasteiger partial charge in [0, 0.05) is 11.6 Å². The molecule has 0 aliphatic rings. The average molecular weight is 249 g/mol. The Bertz CT molecular complexity index is 351. The van der Waals surface area contributed by atoms with Gasteiger partial charge in [0.25, 0.3) is 5.91 Å². The van der Waals surface area contributed by atoms with E-state index in [9.17, 15) is 4.79 Å². The third kappa shape index (κ3) is 3.66. The molecule has 0 bridgehead atoms. The minimum Gasteiger partial charge on any atom is -0.394 e. The Morgan fingerprint density at radius 2 is 2.07 bits per heavy atom. The van der Waals surface area contributed by atoms with Crippen LogP contribution in [0, 0.1) is 0 Å². The molecule has 0 aromatic carbocycles. The Morgan fingerprint density at radius 1 is 1.53 bits per heavy atom. The molecule has 0 spiro atoms. The second kappa shape index (κ2) is 5.30. The minimum absolute atomic E-state index is 0.127. The molecular weight excluding hydrogens is 239 g/mol. The quantitative estimate of drug-likeness (QED) is 0.798. The topological polar surface area (TPSA) is 62.2 Å². The summed E-state index contributed by atoms with van der Waals surface area (Å²) in [5, 5.41) is 11.6. The van der Waals surface area contributed by atoms with E-state index >= 15 is 0 Å². The highest BCUT2D eigenvalue weighted by Gasteiger charge is 2.10. The van der Waals surface area contributed by atoms with E-state index in [0.29, 0.717) is 5.56 Å². The van der Waals surface area contributed by atoms with Gasteiger partial charge in [0.1, 0.15) is 10.3 Å². The van der Waals surface area contributed by atoms with Gasteiger partial charge < -0.3 is 10.4 Å². The Hall–Kier alpha value is -0.840. The lowest BCUT2D eigenvalue weighted by Gasteiger charge is -2.10. The number of halogens is 2. The van der Waals surface area contributed by atoms with Gasteiger partial charge in [-0.2, -0.15) is 0 Å². The summed E-state index contributed by atoms with van der Waals surface area (Å²) in [5.74, 6) is -0.345. The summed E-state index contributed by atoms with van der Waals surface area (Å²) < 4.78 is 0. The van der Waals surface area contributed by atoms with Gasteiger partial charge in [0.05, 0.1) is 6.61 Å². The van der Waals surface area contributed by atoms with Crippen molar-refractivity contribution in [2.24, 2.45) is 0 Å². The summed E-state index contributed by atoms with van der Waals surface area (Å²) in [4.78, 5) is 15.3. The van der Waals surface area contributed by atoms with Crippen LogP contribution in [0.2, 0.25) is 10.3 Å². The van der Waals surface area contributed by atoms with Crippen LogP contribution < -0.4 is 5.32 Å². The van der Waals surface area contributed by atoms with E-state index < -0.39 is 0 Å². The molecule has 0 saturated heterocycles. The first-order chi connectivity index (χ1) is 7.02. The van der Waals surface area contributed by atoms with Gasteiger partial charge in [-0.25, -0.2) is 4.98 Å². The lowest BCUT2D eigenvalue weighted by Crippen LogP contribution is -2.35. The van der Waals surface area contributed by atoms with Crippen LogP contribution in [0.25, 0.3) is 0 Å². The maximum atomic E-state index is 11.6. The van der Waals surface area contributed by atoms with E-state index in [2.05, 4.69) is 10.3 Å². The smallest absolute Gasteiger partial charge is 0.251 e. The van der Waals surface area contributed by atoms with Gasteiger partial charge in [-0.15, -0.1) is 0 Å². The lowest BCUT2D eigenvalue weighted by molar-refractivity contribution is 0.0922. The molecule has 1 aromatic rings. The maximum absolute atomic E-state index is 11.6. The van der Waals surface area contributed by atoms with E-state index in [1.807, 2.05) is 0 Å². The molecule has 0 aliphatic carbocycles. The summed E-state index contributed by atoms with van der Waals surface area (Å²) in [7, 11) is 0. The molecule has 1 rings (SSSR count). The number of pyridine rings is 1. The number of aromatic nitrogens is 1. The summed E-state index contributed by atoms with van der Waals surface area (Å²) >= 11 is 11.3. The van der Waals surface area contributed by atoms with E-state index in [1.165, 1.54) is 12.1 Å². The van der Waals surface area contributed by atoms with Gasteiger partial charge in [-0.3, -0.25) is 4.79 Å². The fraction of sp³-hybridized carbons (Fsp3) is 0.333. The van der Waals surface area contributed by atoms with Crippen LogP contribution in [0.15, 0.2) is 12.1 Å². The Kier molecular flexibility index (Phi) is 4.32. The van der Waals surface area contributed by atoms with Crippen LogP contribution in [0.3, 0.4) is 0 Å². The van der Waals surface area contributed by atoms with E-state index in [0.717, 1.165) is 0 Å². The molecule has 1 heterocycles. The molecule has 1 amide bonds. The number of nitrogens with one attached hydrogen (secondary N) is 1. The summed E-state index contributed by atoms with van der Waals surface area (Å²) in [6.07, 6.45) is 0.